The van der Waals surface area contributed by atoms with Crippen LogP contribution >= 0.6 is 24.0 Å². The van der Waals surface area contributed by atoms with Gasteiger partial charge in [-0.2, -0.15) is 0 Å². The van der Waals surface area contributed by atoms with Gasteiger partial charge >= 0.3 is 23.9 Å². The van der Waals surface area contributed by atoms with Crippen LogP contribution in [0.25, 0.3) is 0 Å². The fourth-order valence-electron chi connectivity index (χ4n) is 4.18. The number of benzene rings is 1. The number of nitrogens with zero attached hydrogens (tertiary/aromatic N) is 1. The first kappa shape index (κ1) is 37.2. The summed E-state index contributed by atoms with van der Waals surface area (Å²) in [5, 5.41) is 2.46. The van der Waals surface area contributed by atoms with Gasteiger partial charge in [0.1, 0.15) is 18.6 Å². The SMILES string of the molecule is COc1ccnc(C(=O)N[C@H]2COC(=O)[C@H](Cc3ccccc3)[C@@H](OC(=O)C(C)C)[C@H](C)OC2=O)c1OCOC(=O)C(C)C.I. The van der Waals surface area contributed by atoms with Gasteiger partial charge in [0.15, 0.2) is 29.3 Å². The first-order valence-corrected chi connectivity index (χ1v) is 14.2. The van der Waals surface area contributed by atoms with Gasteiger partial charge in [-0.1, -0.05) is 58.0 Å². The minimum absolute atomic E-state index is 0. The first-order valence-electron chi connectivity index (χ1n) is 14.2. The van der Waals surface area contributed by atoms with Crippen LogP contribution < -0.4 is 14.8 Å². The van der Waals surface area contributed by atoms with Crippen LogP contribution in [0.2, 0.25) is 0 Å². The Labute approximate surface area is 278 Å². The molecule has 1 saturated heterocycles. The quantitative estimate of drug-likeness (QED) is 0.155. The molecule has 0 bridgehead atoms. The summed E-state index contributed by atoms with van der Waals surface area (Å²) < 4.78 is 32.6. The third kappa shape index (κ3) is 10.3. The van der Waals surface area contributed by atoms with Crippen molar-refractivity contribution in [3.8, 4) is 11.5 Å². The average molecular weight is 743 g/mol. The molecule has 14 heteroatoms. The van der Waals surface area contributed by atoms with Crippen LogP contribution in [0.4, 0.5) is 0 Å². The van der Waals surface area contributed by atoms with Crippen molar-refractivity contribution in [2.45, 2.75) is 59.3 Å². The Morgan fingerprint density at radius 1 is 1.00 bits per heavy atom. The zero-order valence-corrected chi connectivity index (χ0v) is 28.3. The number of pyridine rings is 1. The molecule has 1 amide bonds. The fourth-order valence-corrected chi connectivity index (χ4v) is 4.18. The third-order valence-corrected chi connectivity index (χ3v) is 6.65. The smallest absolute Gasteiger partial charge is 0.332 e. The number of ether oxygens (including phenoxy) is 6. The maximum absolute atomic E-state index is 13.4. The topological polar surface area (TPSA) is 166 Å². The van der Waals surface area contributed by atoms with E-state index in [1.165, 1.54) is 26.3 Å². The molecule has 3 rings (SSSR count). The molecule has 1 aromatic carbocycles. The molecule has 1 fully saturated rings. The van der Waals surface area contributed by atoms with E-state index in [1.54, 1.807) is 39.8 Å². The normalized spacial score (nSPS) is 19.9. The van der Waals surface area contributed by atoms with E-state index in [-0.39, 0.29) is 47.6 Å². The standard InChI is InChI=1S/C31H38N2O11.HI/c1-17(2)28(35)42-16-41-26-23(39-6)12-13-32-24(26)27(34)33-22-15-40-30(37)21(14-20-10-8-7-9-11-20)25(19(5)43-31(22)38)44-29(36)18(3)4;/h7-13,17-19,21-22,25H,14-16H2,1-6H3,(H,33,34);1H/t19-,21+,22-,25-;/m0./s1. The Morgan fingerprint density at radius 3 is 2.29 bits per heavy atom. The van der Waals surface area contributed by atoms with Gasteiger partial charge in [0.2, 0.25) is 6.79 Å². The van der Waals surface area contributed by atoms with E-state index in [0.29, 0.717) is 0 Å². The van der Waals surface area contributed by atoms with Crippen molar-refractivity contribution in [1.29, 1.82) is 0 Å². The zero-order chi connectivity index (χ0) is 32.4. The van der Waals surface area contributed by atoms with Crippen molar-refractivity contribution in [3.05, 3.63) is 53.9 Å². The fraction of sp³-hybridized carbons (Fsp3) is 0.484. The maximum atomic E-state index is 13.4. The number of halogens is 1. The van der Waals surface area contributed by atoms with Crippen LogP contribution in [0, 0.1) is 17.8 Å². The molecule has 2 heterocycles. The Morgan fingerprint density at radius 2 is 1.67 bits per heavy atom. The van der Waals surface area contributed by atoms with E-state index in [0.717, 1.165) is 5.56 Å². The van der Waals surface area contributed by atoms with E-state index in [2.05, 4.69) is 10.3 Å². The van der Waals surface area contributed by atoms with Crippen molar-refractivity contribution >= 4 is 53.8 Å². The molecular formula is C31H39IN2O11. The number of carbonyl (C=O) groups excluding carboxylic acids is 5. The highest BCUT2D eigenvalue weighted by molar-refractivity contribution is 14.0. The van der Waals surface area contributed by atoms with Crippen molar-refractivity contribution < 1.29 is 52.4 Å². The van der Waals surface area contributed by atoms with Crippen LogP contribution in [0.5, 0.6) is 11.5 Å². The number of carbonyl (C=O) groups is 5. The van der Waals surface area contributed by atoms with Crippen molar-refractivity contribution in [2.75, 3.05) is 20.5 Å². The Hall–Kier alpha value is -3.95. The minimum atomic E-state index is -1.45. The lowest BCUT2D eigenvalue weighted by atomic mass is 9.91. The van der Waals surface area contributed by atoms with Gasteiger partial charge in [-0.3, -0.25) is 19.2 Å². The molecule has 1 aliphatic heterocycles. The second-order valence-corrected chi connectivity index (χ2v) is 10.7. The van der Waals surface area contributed by atoms with Gasteiger partial charge in [0.25, 0.3) is 5.91 Å². The molecule has 2 aromatic rings. The van der Waals surface area contributed by atoms with Crippen LogP contribution in [0.3, 0.4) is 0 Å². The number of nitrogens with one attached hydrogen (secondary N) is 1. The van der Waals surface area contributed by atoms with Crippen LogP contribution in [-0.2, 0) is 44.5 Å². The highest BCUT2D eigenvalue weighted by Gasteiger charge is 2.42. The molecule has 45 heavy (non-hydrogen) atoms. The monoisotopic (exact) mass is 742 g/mol. The van der Waals surface area contributed by atoms with Crippen molar-refractivity contribution in [1.82, 2.24) is 10.3 Å². The van der Waals surface area contributed by atoms with Gasteiger partial charge in [-0.15, -0.1) is 24.0 Å². The van der Waals surface area contributed by atoms with Crippen LogP contribution in [-0.4, -0.2) is 73.5 Å². The Balaban J connectivity index is 0.00000705. The van der Waals surface area contributed by atoms with Crippen molar-refractivity contribution in [3.63, 3.8) is 0 Å². The number of hydrogen-bond acceptors (Lipinski definition) is 12. The number of hydrogen-bond donors (Lipinski definition) is 1. The number of rotatable bonds is 11. The molecule has 1 aromatic heterocycles. The summed E-state index contributed by atoms with van der Waals surface area (Å²) in [7, 11) is 1.34. The lowest BCUT2D eigenvalue weighted by Gasteiger charge is -2.29. The average Bonchev–Trinajstić information content (AvgIpc) is 3.03. The highest BCUT2D eigenvalue weighted by atomic mass is 127. The predicted molar refractivity (Wildman–Crippen MR) is 169 cm³/mol. The molecule has 1 N–H and O–H groups in total. The summed E-state index contributed by atoms with van der Waals surface area (Å²) >= 11 is 0. The summed E-state index contributed by atoms with van der Waals surface area (Å²) in [5.74, 6) is -5.61. The number of aromatic nitrogens is 1. The number of methoxy groups -OCH3 is 1. The molecule has 0 radical (unpaired) electrons. The molecule has 0 unspecified atom stereocenters. The molecule has 0 aliphatic carbocycles. The molecule has 4 atom stereocenters. The van der Waals surface area contributed by atoms with E-state index in [1.807, 2.05) is 18.2 Å². The van der Waals surface area contributed by atoms with E-state index in [9.17, 15) is 24.0 Å². The van der Waals surface area contributed by atoms with E-state index in [4.69, 9.17) is 28.4 Å². The number of amides is 1. The maximum Gasteiger partial charge on any atom is 0.332 e. The third-order valence-electron chi connectivity index (χ3n) is 6.65. The summed E-state index contributed by atoms with van der Waals surface area (Å²) in [5.41, 5.74) is 0.487. The summed E-state index contributed by atoms with van der Waals surface area (Å²) in [6, 6.07) is 9.03. The van der Waals surface area contributed by atoms with Gasteiger partial charge < -0.3 is 33.7 Å². The molecule has 13 nitrogen and oxygen atoms in total. The molecule has 1 aliphatic rings. The van der Waals surface area contributed by atoms with E-state index >= 15 is 0 Å². The zero-order valence-electron chi connectivity index (χ0n) is 26.0. The summed E-state index contributed by atoms with van der Waals surface area (Å²) in [6.07, 6.45) is -0.811. The lowest BCUT2D eigenvalue weighted by Crippen LogP contribution is -2.47. The van der Waals surface area contributed by atoms with Crippen LogP contribution in [0.1, 0.15) is 50.7 Å². The Kier molecular flexibility index (Phi) is 14.5. The second-order valence-electron chi connectivity index (χ2n) is 10.7. The largest absolute Gasteiger partial charge is 0.493 e. The van der Waals surface area contributed by atoms with Gasteiger partial charge in [0, 0.05) is 12.3 Å². The second kappa shape index (κ2) is 17.5. The summed E-state index contributed by atoms with van der Waals surface area (Å²) in [6.45, 7) is 6.98. The highest BCUT2D eigenvalue weighted by Crippen LogP contribution is 2.30. The minimum Gasteiger partial charge on any atom is -0.493 e. The predicted octanol–water partition coefficient (Wildman–Crippen LogP) is 3.26. The molecule has 0 spiro atoms. The first-order chi connectivity index (χ1) is 20.9. The van der Waals surface area contributed by atoms with Crippen molar-refractivity contribution in [2.24, 2.45) is 17.8 Å². The number of cyclic esters (lactones) is 2. The molecule has 246 valence electrons. The number of esters is 4. The lowest BCUT2D eigenvalue weighted by molar-refractivity contribution is -0.176. The van der Waals surface area contributed by atoms with Gasteiger partial charge in [-0.25, -0.2) is 9.78 Å². The van der Waals surface area contributed by atoms with Gasteiger partial charge in [0.05, 0.1) is 18.9 Å². The Bertz CT molecular complexity index is 1340. The van der Waals surface area contributed by atoms with E-state index < -0.39 is 79.2 Å². The molecule has 0 saturated carbocycles. The molecular weight excluding hydrogens is 703 g/mol. The van der Waals surface area contributed by atoms with Crippen LogP contribution in [0.15, 0.2) is 42.6 Å². The van der Waals surface area contributed by atoms with Gasteiger partial charge in [-0.05, 0) is 18.9 Å². The summed E-state index contributed by atoms with van der Waals surface area (Å²) in [4.78, 5) is 68.5.